The molecule has 16 nitrogen and oxygen atoms in total. The molecule has 5 aromatic rings. The maximum Gasteiger partial charge on any atom is 0.277 e. The number of carbonyl (C=O) groups excluding carboxylic acids is 2. The van der Waals surface area contributed by atoms with Crippen LogP contribution in [0.3, 0.4) is 0 Å². The molecule has 2 saturated heterocycles. The normalized spacial score (nSPS) is 19.0. The molecule has 5 heterocycles. The monoisotopic (exact) mass is 937 g/mol. The van der Waals surface area contributed by atoms with E-state index in [2.05, 4.69) is 50.5 Å². The first-order chi connectivity index (χ1) is 31.7. The number of nitro benzene ring substituents is 1. The van der Waals surface area contributed by atoms with Crippen LogP contribution in [0.5, 0.6) is 17.2 Å². The Morgan fingerprint density at radius 2 is 1.79 bits per heavy atom. The Bertz CT molecular complexity index is 2820. The summed E-state index contributed by atoms with van der Waals surface area (Å²) in [5, 5.41) is 13.9. The molecule has 0 spiro atoms. The number of pyridine rings is 1. The highest BCUT2D eigenvalue weighted by Crippen LogP contribution is 2.44. The molecule has 0 unspecified atom stereocenters. The zero-order valence-corrected chi connectivity index (χ0v) is 38.5. The minimum absolute atomic E-state index is 0.00891. The van der Waals surface area contributed by atoms with E-state index in [-0.39, 0.29) is 59.3 Å². The van der Waals surface area contributed by atoms with E-state index in [0.29, 0.717) is 50.8 Å². The number of nitrogens with one attached hydrogen (secondary N) is 2. The molecule has 18 heteroatoms. The maximum absolute atomic E-state index is 14.1. The van der Waals surface area contributed by atoms with Crippen LogP contribution in [0.1, 0.15) is 61.0 Å². The van der Waals surface area contributed by atoms with Gasteiger partial charge in [-0.15, -0.1) is 0 Å². The fourth-order valence-corrected chi connectivity index (χ4v) is 10.5. The van der Waals surface area contributed by atoms with Gasteiger partial charge in [0.1, 0.15) is 22.9 Å². The van der Waals surface area contributed by atoms with Crippen LogP contribution in [0, 0.1) is 21.4 Å². The third kappa shape index (κ3) is 10.0. The van der Waals surface area contributed by atoms with Crippen molar-refractivity contribution in [3.8, 4) is 17.2 Å². The Kier molecular flexibility index (Phi) is 12.8. The number of allylic oxidation sites excluding steroid dienone is 1. The number of aromatic amines is 1. The van der Waals surface area contributed by atoms with E-state index in [1.165, 1.54) is 35.0 Å². The number of hydrogen-bond donors (Lipinski definition) is 2. The van der Waals surface area contributed by atoms with Crippen LogP contribution in [0.15, 0.2) is 89.6 Å². The number of anilines is 1. The predicted molar refractivity (Wildman–Crippen MR) is 250 cm³/mol. The van der Waals surface area contributed by atoms with E-state index in [0.717, 1.165) is 61.1 Å². The van der Waals surface area contributed by atoms with Gasteiger partial charge < -0.3 is 29.0 Å². The number of halogens is 1. The van der Waals surface area contributed by atoms with Gasteiger partial charge >= 0.3 is 0 Å². The van der Waals surface area contributed by atoms with Crippen LogP contribution in [-0.4, -0.2) is 111 Å². The largest absolute Gasteiger partial charge is 0.493 e. The summed E-state index contributed by atoms with van der Waals surface area (Å²) in [5.41, 5.74) is 5.35. The Balaban J connectivity index is 0.931. The van der Waals surface area contributed by atoms with E-state index in [9.17, 15) is 28.1 Å². The number of carbonyl (C=O) groups is 2. The van der Waals surface area contributed by atoms with Crippen LogP contribution in [0.2, 0.25) is 5.02 Å². The van der Waals surface area contributed by atoms with Crippen molar-refractivity contribution in [2.75, 3.05) is 70.5 Å². The van der Waals surface area contributed by atoms with Crippen molar-refractivity contribution in [3.05, 3.63) is 117 Å². The van der Waals surface area contributed by atoms with Gasteiger partial charge in [0, 0.05) is 98.6 Å². The van der Waals surface area contributed by atoms with E-state index in [1.54, 1.807) is 29.3 Å². The van der Waals surface area contributed by atoms with Gasteiger partial charge in [0.2, 0.25) is 5.91 Å². The molecule has 1 aliphatic carbocycles. The minimum Gasteiger partial charge on any atom is -0.493 e. The van der Waals surface area contributed by atoms with E-state index in [4.69, 9.17) is 25.8 Å². The van der Waals surface area contributed by atoms with Crippen molar-refractivity contribution >= 4 is 61.4 Å². The molecule has 1 atom stereocenters. The second kappa shape index (κ2) is 18.7. The maximum atomic E-state index is 14.1. The Morgan fingerprint density at radius 1 is 1.02 bits per heavy atom. The molecule has 3 aliphatic heterocycles. The number of benzene rings is 3. The zero-order valence-electron chi connectivity index (χ0n) is 36.9. The number of morpholine rings is 1. The number of nitro groups is 1. The quantitative estimate of drug-likeness (QED) is 0.0921. The molecule has 2 amide bonds. The summed E-state index contributed by atoms with van der Waals surface area (Å²) in [6, 6.07) is 18.9. The lowest BCUT2D eigenvalue weighted by Gasteiger charge is -2.39. The summed E-state index contributed by atoms with van der Waals surface area (Å²) in [6.07, 6.45) is 6.67. The molecular weight excluding hydrogens is 886 g/mol. The summed E-state index contributed by atoms with van der Waals surface area (Å²) in [7, 11) is -4.69. The lowest BCUT2D eigenvalue weighted by molar-refractivity contribution is -0.386. The second-order valence-electron chi connectivity index (χ2n) is 18.3. The van der Waals surface area contributed by atoms with Crippen LogP contribution >= 0.6 is 11.6 Å². The molecule has 66 heavy (non-hydrogen) atoms. The number of aromatic nitrogens is 2. The Morgan fingerprint density at radius 3 is 2.55 bits per heavy atom. The number of nitrogens with zero attached hydrogens (tertiary/aromatic N) is 5. The van der Waals surface area contributed by atoms with Crippen molar-refractivity contribution in [1.82, 2.24) is 24.5 Å². The molecular formula is C48H52ClN7O9S. The summed E-state index contributed by atoms with van der Waals surface area (Å²) >= 11 is 6.25. The van der Waals surface area contributed by atoms with Gasteiger partial charge in [-0.1, -0.05) is 43.2 Å². The van der Waals surface area contributed by atoms with Gasteiger partial charge in [0.25, 0.3) is 21.6 Å². The number of H-pyrrole nitrogens is 1. The minimum atomic E-state index is -4.69. The fourth-order valence-electron chi connectivity index (χ4n) is 9.35. The number of amides is 2. The first-order valence-corrected chi connectivity index (χ1v) is 24.1. The van der Waals surface area contributed by atoms with Gasteiger partial charge in [-0.2, -0.15) is 0 Å². The standard InChI is InChI=1S/C48H52ClN7O9S/c1-48(2)11-9-34(41(27-48)32-3-5-35(49)6-4-32)29-53-13-15-54(16-14-53)36-7-8-39(44(24-36)65-37-23-33-10-12-50-46(33)51-28-37)47(58)52-66(61,62)38-25-42(56(59)60)40-21-31(30-64-43(40)26-38)22-45(57)55-17-19-63-20-18-55/h3-8,10,12,23-26,28,31H,9,11,13-22,27,29-30H2,1-2H3,(H,50,51)(H,52,58)/t31-/m0/s1. The number of ether oxygens (including phenoxy) is 3. The van der Waals surface area contributed by atoms with Crippen molar-refractivity contribution in [2.45, 2.75) is 50.8 Å². The van der Waals surface area contributed by atoms with Crippen LogP contribution in [0.25, 0.3) is 16.6 Å². The topological polar surface area (TPSA) is 190 Å². The second-order valence-corrected chi connectivity index (χ2v) is 20.4. The highest BCUT2D eigenvalue weighted by atomic mass is 35.5. The van der Waals surface area contributed by atoms with Gasteiger partial charge in [-0.05, 0) is 78.6 Å². The van der Waals surface area contributed by atoms with E-state index < -0.39 is 31.4 Å². The third-order valence-corrected chi connectivity index (χ3v) is 14.6. The van der Waals surface area contributed by atoms with Crippen LogP contribution in [-0.2, 0) is 26.0 Å². The highest BCUT2D eigenvalue weighted by Gasteiger charge is 2.34. The zero-order chi connectivity index (χ0) is 46.2. The SMILES string of the molecule is CC1(C)CCC(CN2CCN(c3ccc(C(=O)NS(=O)(=O)c4cc5c(c([N+](=O)[O-])c4)C[C@@H](CC(=O)N4CCOCC4)CO5)c(Oc4cnc5[nH]ccc5c4)c3)CC2)=C(c2ccc(Cl)cc2)C1. The van der Waals surface area contributed by atoms with Gasteiger partial charge in [-0.25, -0.2) is 18.1 Å². The molecule has 4 aliphatic rings. The Labute approximate surface area is 388 Å². The average Bonchev–Trinajstić information content (AvgIpc) is 3.78. The molecule has 0 bridgehead atoms. The van der Waals surface area contributed by atoms with Gasteiger partial charge in [0.05, 0.1) is 47.0 Å². The van der Waals surface area contributed by atoms with Crippen molar-refractivity contribution in [1.29, 1.82) is 0 Å². The Hall–Kier alpha value is -6.01. The molecule has 3 aromatic carbocycles. The molecule has 2 fully saturated rings. The number of fused-ring (bicyclic) bond motifs is 2. The summed E-state index contributed by atoms with van der Waals surface area (Å²) in [4.78, 5) is 52.0. The van der Waals surface area contributed by atoms with Crippen molar-refractivity contribution < 1.29 is 37.1 Å². The molecule has 2 aromatic heterocycles. The summed E-state index contributed by atoms with van der Waals surface area (Å²) in [6.45, 7) is 10.4. The fraction of sp³-hybridized carbons (Fsp3) is 0.396. The smallest absolute Gasteiger partial charge is 0.277 e. The van der Waals surface area contributed by atoms with E-state index in [1.807, 2.05) is 18.2 Å². The summed E-state index contributed by atoms with van der Waals surface area (Å²) < 4.78 is 47.5. The summed E-state index contributed by atoms with van der Waals surface area (Å²) in [5.74, 6) is -1.02. The first-order valence-electron chi connectivity index (χ1n) is 22.2. The first kappa shape index (κ1) is 45.2. The molecule has 0 radical (unpaired) electrons. The lowest BCUT2D eigenvalue weighted by atomic mass is 9.72. The lowest BCUT2D eigenvalue weighted by Crippen LogP contribution is -2.47. The number of sulfonamides is 1. The van der Waals surface area contributed by atoms with Crippen molar-refractivity contribution in [2.24, 2.45) is 11.3 Å². The highest BCUT2D eigenvalue weighted by molar-refractivity contribution is 7.90. The van der Waals surface area contributed by atoms with Crippen LogP contribution in [0.4, 0.5) is 11.4 Å². The average molecular weight is 939 g/mol. The van der Waals surface area contributed by atoms with E-state index >= 15 is 0 Å². The number of hydrogen-bond acceptors (Lipinski definition) is 12. The molecule has 9 rings (SSSR count). The third-order valence-electron chi connectivity index (χ3n) is 13.0. The predicted octanol–water partition coefficient (Wildman–Crippen LogP) is 7.62. The number of rotatable bonds is 12. The molecule has 346 valence electrons. The van der Waals surface area contributed by atoms with Gasteiger partial charge in [0.15, 0.2) is 0 Å². The van der Waals surface area contributed by atoms with Crippen LogP contribution < -0.4 is 19.1 Å². The molecule has 2 N–H and O–H groups in total. The number of piperazine rings is 1. The molecule has 0 saturated carbocycles. The van der Waals surface area contributed by atoms with Crippen molar-refractivity contribution in [3.63, 3.8) is 0 Å². The van der Waals surface area contributed by atoms with Gasteiger partial charge in [-0.3, -0.25) is 24.6 Å².